The summed E-state index contributed by atoms with van der Waals surface area (Å²) in [5.41, 5.74) is 8.13. The molecule has 2 rings (SSSR count). The van der Waals surface area contributed by atoms with Crippen LogP contribution >= 0.6 is 0 Å². The second-order valence-electron chi connectivity index (χ2n) is 4.92. The average molecular weight is 236 g/mol. The van der Waals surface area contributed by atoms with Gasteiger partial charge in [0, 0.05) is 20.1 Å². The van der Waals surface area contributed by atoms with Gasteiger partial charge >= 0.3 is 0 Å². The number of aromatic nitrogens is 2. The fourth-order valence-corrected chi connectivity index (χ4v) is 2.68. The third kappa shape index (κ3) is 2.56. The predicted octanol–water partition coefficient (Wildman–Crippen LogP) is 2.34. The second kappa shape index (κ2) is 5.43. The van der Waals surface area contributed by atoms with E-state index in [-0.39, 0.29) is 0 Å². The van der Waals surface area contributed by atoms with Gasteiger partial charge in [-0.05, 0) is 19.3 Å². The number of hydrogen-bond acceptors (Lipinski definition) is 3. The lowest BCUT2D eigenvalue weighted by atomic mass is 10.1. The number of nitrogen functional groups attached to an aromatic ring is 1. The minimum atomic E-state index is 0.885. The molecular formula is C13H24N4. The van der Waals surface area contributed by atoms with Crippen LogP contribution < -0.4 is 10.6 Å². The molecule has 1 fully saturated rings. The monoisotopic (exact) mass is 236 g/mol. The highest BCUT2D eigenvalue weighted by Crippen LogP contribution is 2.28. The van der Waals surface area contributed by atoms with E-state index in [1.807, 2.05) is 11.7 Å². The Morgan fingerprint density at radius 3 is 2.24 bits per heavy atom. The van der Waals surface area contributed by atoms with Crippen LogP contribution in [-0.2, 0) is 13.5 Å². The van der Waals surface area contributed by atoms with E-state index in [1.165, 1.54) is 32.1 Å². The zero-order chi connectivity index (χ0) is 12.3. The summed E-state index contributed by atoms with van der Waals surface area (Å²) >= 11 is 0. The summed E-state index contributed by atoms with van der Waals surface area (Å²) in [6, 6.07) is 0. The van der Waals surface area contributed by atoms with Crippen LogP contribution in [-0.4, -0.2) is 22.9 Å². The van der Waals surface area contributed by atoms with Crippen LogP contribution in [0.1, 0.15) is 44.7 Å². The van der Waals surface area contributed by atoms with Crippen molar-refractivity contribution in [2.45, 2.75) is 45.4 Å². The Hall–Kier alpha value is -1.19. The average Bonchev–Trinajstić information content (AvgIpc) is 2.55. The highest BCUT2D eigenvalue weighted by Gasteiger charge is 2.18. The molecule has 4 heteroatoms. The Labute approximate surface area is 104 Å². The standard InChI is InChI=1S/C13H24N4/c1-3-11-12(14)13(16(2)15-11)17-9-7-5-4-6-8-10-17/h3-10,14H2,1-2H3. The molecule has 0 radical (unpaired) electrons. The largest absolute Gasteiger partial charge is 0.394 e. The quantitative estimate of drug-likeness (QED) is 0.857. The molecule has 0 aromatic carbocycles. The van der Waals surface area contributed by atoms with Crippen LogP contribution in [0, 0.1) is 0 Å². The first-order valence-corrected chi connectivity index (χ1v) is 6.80. The maximum atomic E-state index is 6.21. The summed E-state index contributed by atoms with van der Waals surface area (Å²) in [7, 11) is 2.00. The molecule has 17 heavy (non-hydrogen) atoms. The van der Waals surface area contributed by atoms with E-state index in [1.54, 1.807) is 0 Å². The van der Waals surface area contributed by atoms with Gasteiger partial charge in [0.05, 0.1) is 11.4 Å². The predicted molar refractivity (Wildman–Crippen MR) is 72.3 cm³/mol. The van der Waals surface area contributed by atoms with Gasteiger partial charge in [0.15, 0.2) is 0 Å². The van der Waals surface area contributed by atoms with E-state index in [2.05, 4.69) is 16.9 Å². The first-order chi connectivity index (χ1) is 8.24. The molecule has 96 valence electrons. The molecule has 0 bridgehead atoms. The van der Waals surface area contributed by atoms with Crippen LogP contribution in [0.25, 0.3) is 0 Å². The van der Waals surface area contributed by atoms with Crippen molar-refractivity contribution in [3.63, 3.8) is 0 Å². The van der Waals surface area contributed by atoms with E-state index >= 15 is 0 Å². The van der Waals surface area contributed by atoms with Crippen molar-refractivity contribution in [1.29, 1.82) is 0 Å². The molecule has 2 N–H and O–H groups in total. The van der Waals surface area contributed by atoms with Crippen LogP contribution in [0.3, 0.4) is 0 Å². The lowest BCUT2D eigenvalue weighted by molar-refractivity contribution is 0.546. The van der Waals surface area contributed by atoms with Gasteiger partial charge in [-0.15, -0.1) is 0 Å². The zero-order valence-electron chi connectivity index (χ0n) is 11.1. The van der Waals surface area contributed by atoms with E-state index < -0.39 is 0 Å². The van der Waals surface area contributed by atoms with Gasteiger partial charge in [-0.2, -0.15) is 5.10 Å². The molecule has 1 aromatic rings. The van der Waals surface area contributed by atoms with Crippen LogP contribution in [0.4, 0.5) is 11.5 Å². The molecule has 0 unspecified atom stereocenters. The fraction of sp³-hybridized carbons (Fsp3) is 0.769. The number of rotatable bonds is 2. The summed E-state index contributed by atoms with van der Waals surface area (Å²) in [6.07, 6.45) is 7.52. The van der Waals surface area contributed by atoms with Crippen molar-refractivity contribution < 1.29 is 0 Å². The molecular weight excluding hydrogens is 212 g/mol. The highest BCUT2D eigenvalue weighted by molar-refractivity contribution is 5.66. The van der Waals surface area contributed by atoms with Gasteiger partial charge in [-0.1, -0.05) is 26.2 Å². The van der Waals surface area contributed by atoms with E-state index in [0.717, 1.165) is 36.7 Å². The zero-order valence-corrected chi connectivity index (χ0v) is 11.1. The minimum Gasteiger partial charge on any atom is -0.394 e. The second-order valence-corrected chi connectivity index (χ2v) is 4.92. The third-order valence-electron chi connectivity index (χ3n) is 3.62. The highest BCUT2D eigenvalue weighted by atomic mass is 15.4. The van der Waals surface area contributed by atoms with Crippen molar-refractivity contribution in [3.05, 3.63) is 5.69 Å². The molecule has 1 saturated heterocycles. The van der Waals surface area contributed by atoms with Crippen molar-refractivity contribution >= 4 is 11.5 Å². The molecule has 0 amide bonds. The van der Waals surface area contributed by atoms with Gasteiger partial charge in [0.2, 0.25) is 0 Å². The molecule has 1 aliphatic rings. The molecule has 0 spiro atoms. The van der Waals surface area contributed by atoms with Gasteiger partial charge in [-0.3, -0.25) is 4.68 Å². The first kappa shape index (κ1) is 12.3. The lowest BCUT2D eigenvalue weighted by Gasteiger charge is -2.27. The Balaban J connectivity index is 2.21. The molecule has 0 saturated carbocycles. The van der Waals surface area contributed by atoms with Gasteiger partial charge < -0.3 is 10.6 Å². The van der Waals surface area contributed by atoms with Crippen LogP contribution in [0.15, 0.2) is 0 Å². The molecule has 1 aliphatic heterocycles. The topological polar surface area (TPSA) is 47.1 Å². The van der Waals surface area contributed by atoms with Crippen molar-refractivity contribution in [1.82, 2.24) is 9.78 Å². The van der Waals surface area contributed by atoms with Crippen LogP contribution in [0.2, 0.25) is 0 Å². The fourth-order valence-electron chi connectivity index (χ4n) is 2.68. The van der Waals surface area contributed by atoms with E-state index in [0.29, 0.717) is 0 Å². The van der Waals surface area contributed by atoms with E-state index in [9.17, 15) is 0 Å². The van der Waals surface area contributed by atoms with Gasteiger partial charge in [0.25, 0.3) is 0 Å². The molecule has 0 aliphatic carbocycles. The summed E-state index contributed by atoms with van der Waals surface area (Å²) in [4.78, 5) is 2.42. The smallest absolute Gasteiger partial charge is 0.150 e. The van der Waals surface area contributed by atoms with Crippen molar-refractivity contribution in [2.75, 3.05) is 23.7 Å². The number of hydrogen-bond donors (Lipinski definition) is 1. The normalized spacial score (nSPS) is 17.9. The summed E-state index contributed by atoms with van der Waals surface area (Å²) in [5.74, 6) is 1.13. The summed E-state index contributed by atoms with van der Waals surface area (Å²) in [6.45, 7) is 4.34. The van der Waals surface area contributed by atoms with Gasteiger partial charge in [0.1, 0.15) is 5.82 Å². The van der Waals surface area contributed by atoms with Gasteiger partial charge in [-0.25, -0.2) is 0 Å². The Morgan fingerprint density at radius 2 is 1.71 bits per heavy atom. The van der Waals surface area contributed by atoms with E-state index in [4.69, 9.17) is 5.73 Å². The van der Waals surface area contributed by atoms with Crippen molar-refractivity contribution in [3.8, 4) is 0 Å². The first-order valence-electron chi connectivity index (χ1n) is 6.80. The number of aryl methyl sites for hydroxylation is 2. The Morgan fingerprint density at radius 1 is 1.12 bits per heavy atom. The number of anilines is 2. The number of nitrogens with two attached hydrogens (primary N) is 1. The minimum absolute atomic E-state index is 0.885. The molecule has 0 atom stereocenters. The SMILES string of the molecule is CCc1nn(C)c(N2CCCCCCC2)c1N. The van der Waals surface area contributed by atoms with Crippen LogP contribution in [0.5, 0.6) is 0 Å². The molecule has 2 heterocycles. The lowest BCUT2D eigenvalue weighted by Crippen LogP contribution is -2.29. The molecule has 1 aromatic heterocycles. The summed E-state index contributed by atoms with van der Waals surface area (Å²) < 4.78 is 1.95. The Bertz CT molecular complexity index is 362. The maximum absolute atomic E-state index is 6.21. The van der Waals surface area contributed by atoms with Crippen molar-refractivity contribution in [2.24, 2.45) is 7.05 Å². The maximum Gasteiger partial charge on any atom is 0.150 e. The third-order valence-corrected chi connectivity index (χ3v) is 3.62. The Kier molecular flexibility index (Phi) is 3.92. The number of nitrogens with zero attached hydrogens (tertiary/aromatic N) is 3. The summed E-state index contributed by atoms with van der Waals surface area (Å²) in [5, 5.41) is 4.51. The molecule has 4 nitrogen and oxygen atoms in total.